The van der Waals surface area contributed by atoms with Gasteiger partial charge in [0, 0.05) is 12.4 Å². The van der Waals surface area contributed by atoms with Gasteiger partial charge in [0.1, 0.15) is 0 Å². The number of pyridine rings is 1. The minimum absolute atomic E-state index is 0.00992. The molecular weight excluding hydrogens is 202 g/mol. The van der Waals surface area contributed by atoms with Crippen LogP contribution in [0.3, 0.4) is 0 Å². The Balaban J connectivity index is 1.92. The first-order valence-electron chi connectivity index (χ1n) is 5.71. The third-order valence-electron chi connectivity index (χ3n) is 2.94. The molecule has 2 atom stereocenters. The Kier molecular flexibility index (Phi) is 3.51. The molecule has 4 heteroatoms. The Morgan fingerprint density at radius 3 is 2.94 bits per heavy atom. The van der Waals surface area contributed by atoms with Crippen LogP contribution in [0.5, 0.6) is 0 Å². The maximum Gasteiger partial charge on any atom is 0.237 e. The van der Waals surface area contributed by atoms with Gasteiger partial charge in [0.25, 0.3) is 0 Å². The molecule has 1 unspecified atom stereocenters. The van der Waals surface area contributed by atoms with Crippen molar-refractivity contribution >= 4 is 5.91 Å². The summed E-state index contributed by atoms with van der Waals surface area (Å²) < 4.78 is 0. The molecule has 0 aliphatic carbocycles. The van der Waals surface area contributed by atoms with Crippen LogP contribution in [-0.2, 0) is 4.79 Å². The van der Waals surface area contributed by atoms with E-state index < -0.39 is 0 Å². The largest absolute Gasteiger partial charge is 0.348 e. The monoisotopic (exact) mass is 219 g/mol. The molecular formula is C12H17N3O. The first kappa shape index (κ1) is 11.1. The van der Waals surface area contributed by atoms with Gasteiger partial charge < -0.3 is 10.6 Å². The van der Waals surface area contributed by atoms with Gasteiger partial charge in [0.05, 0.1) is 12.1 Å². The number of carbonyl (C=O) groups is 1. The van der Waals surface area contributed by atoms with Gasteiger partial charge in [-0.1, -0.05) is 0 Å². The molecule has 16 heavy (non-hydrogen) atoms. The molecule has 0 bridgehead atoms. The van der Waals surface area contributed by atoms with Gasteiger partial charge >= 0.3 is 0 Å². The van der Waals surface area contributed by atoms with Gasteiger partial charge in [-0.25, -0.2) is 0 Å². The molecule has 0 radical (unpaired) electrons. The molecule has 0 aromatic carbocycles. The molecule has 1 amide bonds. The van der Waals surface area contributed by atoms with E-state index in [2.05, 4.69) is 15.6 Å². The zero-order valence-electron chi connectivity index (χ0n) is 9.44. The van der Waals surface area contributed by atoms with Crippen molar-refractivity contribution in [3.63, 3.8) is 0 Å². The Bertz CT molecular complexity index is 347. The fourth-order valence-electron chi connectivity index (χ4n) is 1.96. The Morgan fingerprint density at radius 1 is 1.56 bits per heavy atom. The summed E-state index contributed by atoms with van der Waals surface area (Å²) in [6, 6.07) is 3.88. The highest BCUT2D eigenvalue weighted by atomic mass is 16.2. The van der Waals surface area contributed by atoms with Crippen LogP contribution in [0.2, 0.25) is 0 Å². The van der Waals surface area contributed by atoms with Crippen LogP contribution >= 0.6 is 0 Å². The van der Waals surface area contributed by atoms with E-state index >= 15 is 0 Å². The molecule has 1 fully saturated rings. The lowest BCUT2D eigenvalue weighted by molar-refractivity contribution is -0.123. The predicted molar refractivity (Wildman–Crippen MR) is 61.8 cm³/mol. The van der Waals surface area contributed by atoms with Crippen LogP contribution in [0, 0.1) is 0 Å². The van der Waals surface area contributed by atoms with Crippen molar-refractivity contribution in [2.45, 2.75) is 31.8 Å². The van der Waals surface area contributed by atoms with Gasteiger partial charge in [0.15, 0.2) is 0 Å². The van der Waals surface area contributed by atoms with E-state index in [-0.39, 0.29) is 18.0 Å². The molecule has 1 aliphatic heterocycles. The van der Waals surface area contributed by atoms with Gasteiger partial charge in [-0.15, -0.1) is 0 Å². The Morgan fingerprint density at radius 2 is 2.31 bits per heavy atom. The molecule has 0 saturated carbocycles. The van der Waals surface area contributed by atoms with Crippen LogP contribution in [0.25, 0.3) is 0 Å². The lowest BCUT2D eigenvalue weighted by Gasteiger charge is -2.17. The minimum atomic E-state index is -0.00992. The predicted octanol–water partition coefficient (Wildman–Crippen LogP) is 1.01. The van der Waals surface area contributed by atoms with Crippen molar-refractivity contribution in [2.75, 3.05) is 6.54 Å². The summed E-state index contributed by atoms with van der Waals surface area (Å²) in [5.74, 6) is 0.0989. The van der Waals surface area contributed by atoms with Gasteiger partial charge in [0.2, 0.25) is 5.91 Å². The summed E-state index contributed by atoms with van der Waals surface area (Å²) in [6.45, 7) is 2.93. The van der Waals surface area contributed by atoms with Crippen molar-refractivity contribution in [1.29, 1.82) is 0 Å². The molecule has 0 spiro atoms. The van der Waals surface area contributed by atoms with E-state index in [0.29, 0.717) is 0 Å². The first-order chi connectivity index (χ1) is 7.77. The molecule has 1 aliphatic rings. The quantitative estimate of drug-likeness (QED) is 0.797. The summed E-state index contributed by atoms with van der Waals surface area (Å²) in [5.41, 5.74) is 1.08. The highest BCUT2D eigenvalue weighted by Gasteiger charge is 2.23. The average Bonchev–Trinajstić information content (AvgIpc) is 2.83. The fourth-order valence-corrected chi connectivity index (χ4v) is 1.96. The standard InChI is InChI=1S/C12H17N3O/c1-9(10-4-7-13-8-5-10)15-12(16)11-3-2-6-14-11/h4-5,7-9,11,14H,2-3,6H2,1H3,(H,15,16)/t9-,11?/m0/s1. The van der Waals surface area contributed by atoms with Crippen molar-refractivity contribution < 1.29 is 4.79 Å². The summed E-state index contributed by atoms with van der Waals surface area (Å²) in [7, 11) is 0. The molecule has 1 saturated heterocycles. The van der Waals surface area contributed by atoms with Gasteiger partial charge in [-0.05, 0) is 44.0 Å². The molecule has 4 nitrogen and oxygen atoms in total. The zero-order valence-corrected chi connectivity index (χ0v) is 9.44. The maximum atomic E-state index is 11.8. The highest BCUT2D eigenvalue weighted by molar-refractivity contribution is 5.82. The second-order valence-corrected chi connectivity index (χ2v) is 4.16. The van der Waals surface area contributed by atoms with Crippen LogP contribution in [0.1, 0.15) is 31.4 Å². The van der Waals surface area contributed by atoms with Gasteiger partial charge in [-0.2, -0.15) is 0 Å². The minimum Gasteiger partial charge on any atom is -0.348 e. The third-order valence-corrected chi connectivity index (χ3v) is 2.94. The number of rotatable bonds is 3. The number of carbonyl (C=O) groups excluding carboxylic acids is 1. The number of hydrogen-bond acceptors (Lipinski definition) is 3. The summed E-state index contributed by atoms with van der Waals surface area (Å²) in [6.07, 6.45) is 5.51. The lowest BCUT2D eigenvalue weighted by atomic mass is 10.1. The van der Waals surface area contributed by atoms with Crippen molar-refractivity contribution in [3.8, 4) is 0 Å². The second-order valence-electron chi connectivity index (χ2n) is 4.16. The van der Waals surface area contributed by atoms with Crippen molar-refractivity contribution in [3.05, 3.63) is 30.1 Å². The molecule has 1 aromatic heterocycles. The zero-order chi connectivity index (χ0) is 11.4. The van der Waals surface area contributed by atoms with Crippen molar-refractivity contribution in [2.24, 2.45) is 0 Å². The topological polar surface area (TPSA) is 54.0 Å². The van der Waals surface area contributed by atoms with E-state index in [4.69, 9.17) is 0 Å². The van der Waals surface area contributed by atoms with E-state index in [1.807, 2.05) is 19.1 Å². The summed E-state index contributed by atoms with van der Waals surface area (Å²) >= 11 is 0. The Labute approximate surface area is 95.5 Å². The van der Waals surface area contributed by atoms with Crippen LogP contribution in [-0.4, -0.2) is 23.5 Å². The van der Waals surface area contributed by atoms with Crippen molar-refractivity contribution in [1.82, 2.24) is 15.6 Å². The SMILES string of the molecule is C[C@H](NC(=O)C1CCCN1)c1ccncc1. The second kappa shape index (κ2) is 5.07. The highest BCUT2D eigenvalue weighted by Crippen LogP contribution is 2.12. The van der Waals surface area contributed by atoms with E-state index in [9.17, 15) is 4.79 Å². The molecule has 2 N–H and O–H groups in total. The third kappa shape index (κ3) is 2.58. The van der Waals surface area contributed by atoms with Crippen LogP contribution < -0.4 is 10.6 Å². The molecule has 2 rings (SSSR count). The smallest absolute Gasteiger partial charge is 0.237 e. The van der Waals surface area contributed by atoms with Gasteiger partial charge in [-0.3, -0.25) is 9.78 Å². The number of aromatic nitrogens is 1. The summed E-state index contributed by atoms with van der Waals surface area (Å²) in [5, 5.41) is 6.20. The number of nitrogens with one attached hydrogen (secondary N) is 2. The maximum absolute atomic E-state index is 11.8. The van der Waals surface area contributed by atoms with E-state index in [1.165, 1.54) is 0 Å². The first-order valence-corrected chi connectivity index (χ1v) is 5.71. The van der Waals surface area contributed by atoms with Crippen LogP contribution in [0.4, 0.5) is 0 Å². The normalized spacial score (nSPS) is 21.7. The Hall–Kier alpha value is -1.42. The number of nitrogens with zero attached hydrogens (tertiary/aromatic N) is 1. The summed E-state index contributed by atoms with van der Waals surface area (Å²) in [4.78, 5) is 15.8. The molecule has 86 valence electrons. The van der Waals surface area contributed by atoms with E-state index in [0.717, 1.165) is 24.9 Å². The fraction of sp³-hybridized carbons (Fsp3) is 0.500. The van der Waals surface area contributed by atoms with E-state index in [1.54, 1.807) is 12.4 Å². The molecule has 2 heterocycles. The number of hydrogen-bond donors (Lipinski definition) is 2. The number of amides is 1. The lowest BCUT2D eigenvalue weighted by Crippen LogP contribution is -2.41. The van der Waals surface area contributed by atoms with Crippen LogP contribution in [0.15, 0.2) is 24.5 Å². The molecule has 1 aromatic rings. The average molecular weight is 219 g/mol.